The molecule has 82 valence electrons. The zero-order valence-corrected chi connectivity index (χ0v) is 9.72. The second-order valence-electron chi connectivity index (χ2n) is 3.96. The van der Waals surface area contributed by atoms with Crippen LogP contribution in [-0.2, 0) is 6.42 Å². The molecule has 1 aliphatic carbocycles. The second kappa shape index (κ2) is 4.30. The SMILES string of the molecule is N[C@@H]1CCCc2cc(Cl)cc(Cl)c2[C@@H]1O. The van der Waals surface area contributed by atoms with Crippen molar-refractivity contribution in [1.29, 1.82) is 0 Å². The van der Waals surface area contributed by atoms with E-state index in [1.165, 1.54) is 0 Å². The van der Waals surface area contributed by atoms with Crippen molar-refractivity contribution in [3.63, 3.8) is 0 Å². The van der Waals surface area contributed by atoms with E-state index in [1.807, 2.05) is 6.07 Å². The van der Waals surface area contributed by atoms with Gasteiger partial charge in [0.05, 0.1) is 6.10 Å². The van der Waals surface area contributed by atoms with Crippen molar-refractivity contribution in [2.75, 3.05) is 0 Å². The molecule has 3 N–H and O–H groups in total. The topological polar surface area (TPSA) is 46.2 Å². The summed E-state index contributed by atoms with van der Waals surface area (Å²) < 4.78 is 0. The van der Waals surface area contributed by atoms with E-state index < -0.39 is 6.10 Å². The highest BCUT2D eigenvalue weighted by Gasteiger charge is 2.25. The van der Waals surface area contributed by atoms with E-state index in [9.17, 15) is 5.11 Å². The molecule has 0 spiro atoms. The lowest BCUT2D eigenvalue weighted by Crippen LogP contribution is -2.27. The minimum Gasteiger partial charge on any atom is -0.387 e. The number of nitrogens with two attached hydrogens (primary N) is 1. The molecule has 0 aromatic heterocycles. The Morgan fingerprint density at radius 1 is 1.33 bits per heavy atom. The van der Waals surface area contributed by atoms with Gasteiger partial charge >= 0.3 is 0 Å². The van der Waals surface area contributed by atoms with Crippen LogP contribution in [0.2, 0.25) is 10.0 Å². The molecule has 0 saturated carbocycles. The van der Waals surface area contributed by atoms with Crippen molar-refractivity contribution < 1.29 is 5.11 Å². The van der Waals surface area contributed by atoms with Gasteiger partial charge in [-0.05, 0) is 37.0 Å². The Bertz CT molecular complexity index is 381. The smallest absolute Gasteiger partial charge is 0.0957 e. The van der Waals surface area contributed by atoms with Crippen LogP contribution in [0.3, 0.4) is 0 Å². The largest absolute Gasteiger partial charge is 0.387 e. The Morgan fingerprint density at radius 2 is 2.07 bits per heavy atom. The maximum Gasteiger partial charge on any atom is 0.0957 e. The normalized spacial score (nSPS) is 25.9. The molecule has 1 aromatic carbocycles. The first-order valence-electron chi connectivity index (χ1n) is 5.01. The Morgan fingerprint density at radius 3 is 2.80 bits per heavy atom. The molecule has 0 saturated heterocycles. The lowest BCUT2D eigenvalue weighted by molar-refractivity contribution is 0.144. The van der Waals surface area contributed by atoms with Gasteiger partial charge in [0.25, 0.3) is 0 Å². The molecule has 1 aliphatic rings. The van der Waals surface area contributed by atoms with Crippen LogP contribution < -0.4 is 5.73 Å². The van der Waals surface area contributed by atoms with Crippen LogP contribution in [0.1, 0.15) is 30.1 Å². The van der Waals surface area contributed by atoms with Gasteiger partial charge in [0.2, 0.25) is 0 Å². The van der Waals surface area contributed by atoms with E-state index in [4.69, 9.17) is 28.9 Å². The van der Waals surface area contributed by atoms with E-state index in [1.54, 1.807) is 6.07 Å². The predicted octanol–water partition coefficient (Wildman–Crippen LogP) is 2.69. The van der Waals surface area contributed by atoms with Gasteiger partial charge in [0.1, 0.15) is 0 Å². The van der Waals surface area contributed by atoms with Gasteiger partial charge in [-0.3, -0.25) is 0 Å². The molecule has 2 rings (SSSR count). The number of aryl methyl sites for hydroxylation is 1. The molecule has 2 nitrogen and oxygen atoms in total. The van der Waals surface area contributed by atoms with Crippen LogP contribution in [0.15, 0.2) is 12.1 Å². The lowest BCUT2D eigenvalue weighted by atomic mass is 9.99. The van der Waals surface area contributed by atoms with Crippen molar-refractivity contribution in [1.82, 2.24) is 0 Å². The number of aliphatic hydroxyl groups is 1. The Balaban J connectivity index is 2.53. The highest BCUT2D eigenvalue weighted by Crippen LogP contribution is 2.35. The van der Waals surface area contributed by atoms with E-state index in [2.05, 4.69) is 0 Å². The third-order valence-corrected chi connectivity index (χ3v) is 3.40. The zero-order valence-electron chi connectivity index (χ0n) is 8.21. The van der Waals surface area contributed by atoms with E-state index in [-0.39, 0.29) is 6.04 Å². The first kappa shape index (κ1) is 11.2. The standard InChI is InChI=1S/C11H13Cl2NO/c12-7-4-6-2-1-3-9(14)11(15)10(6)8(13)5-7/h4-5,9,11,15H,1-3,14H2/t9-,11-/m1/s1. The van der Waals surface area contributed by atoms with Crippen LogP contribution in [0.25, 0.3) is 0 Å². The molecule has 0 bridgehead atoms. The molecule has 0 radical (unpaired) electrons. The quantitative estimate of drug-likeness (QED) is 0.691. The summed E-state index contributed by atoms with van der Waals surface area (Å²) in [7, 11) is 0. The maximum atomic E-state index is 10.0. The van der Waals surface area contributed by atoms with Gasteiger partial charge in [0, 0.05) is 21.7 Å². The monoisotopic (exact) mass is 245 g/mol. The van der Waals surface area contributed by atoms with Gasteiger partial charge < -0.3 is 10.8 Å². The van der Waals surface area contributed by atoms with Gasteiger partial charge in [-0.25, -0.2) is 0 Å². The fraction of sp³-hybridized carbons (Fsp3) is 0.455. The van der Waals surface area contributed by atoms with Crippen molar-refractivity contribution in [3.8, 4) is 0 Å². The summed E-state index contributed by atoms with van der Waals surface area (Å²) in [4.78, 5) is 0. The third-order valence-electron chi connectivity index (χ3n) is 2.86. The highest BCUT2D eigenvalue weighted by molar-refractivity contribution is 6.35. The number of benzene rings is 1. The Labute approximate surface area is 99.0 Å². The van der Waals surface area contributed by atoms with E-state index in [0.29, 0.717) is 10.0 Å². The summed E-state index contributed by atoms with van der Waals surface area (Å²) in [5.74, 6) is 0. The molecule has 0 unspecified atom stereocenters. The molecule has 0 aliphatic heterocycles. The summed E-state index contributed by atoms with van der Waals surface area (Å²) in [6.07, 6.45) is 1.97. The van der Waals surface area contributed by atoms with Crippen molar-refractivity contribution >= 4 is 23.2 Å². The first-order chi connectivity index (χ1) is 7.09. The molecule has 0 fully saturated rings. The number of fused-ring (bicyclic) bond motifs is 1. The van der Waals surface area contributed by atoms with E-state index in [0.717, 1.165) is 30.4 Å². The molecule has 0 amide bonds. The summed E-state index contributed by atoms with van der Waals surface area (Å²) in [5.41, 5.74) is 7.64. The summed E-state index contributed by atoms with van der Waals surface area (Å²) in [5, 5.41) is 11.2. The molecule has 0 heterocycles. The van der Waals surface area contributed by atoms with Crippen LogP contribution in [0.4, 0.5) is 0 Å². The fourth-order valence-electron chi connectivity index (χ4n) is 2.08. The van der Waals surface area contributed by atoms with Crippen molar-refractivity contribution in [2.24, 2.45) is 5.73 Å². The summed E-state index contributed by atoms with van der Waals surface area (Å²) in [6, 6.07) is 3.29. The summed E-state index contributed by atoms with van der Waals surface area (Å²) in [6.45, 7) is 0. The molecule has 1 aromatic rings. The molecule has 15 heavy (non-hydrogen) atoms. The number of aliphatic hydroxyl groups excluding tert-OH is 1. The minimum absolute atomic E-state index is 0.232. The van der Waals surface area contributed by atoms with E-state index >= 15 is 0 Å². The number of hydrogen-bond donors (Lipinski definition) is 2. The Hall–Kier alpha value is -0.280. The molecular weight excluding hydrogens is 233 g/mol. The molecule has 2 atom stereocenters. The average Bonchev–Trinajstić information content (AvgIpc) is 2.27. The third kappa shape index (κ3) is 2.13. The molecule has 4 heteroatoms. The van der Waals surface area contributed by atoms with Gasteiger partial charge in [-0.15, -0.1) is 0 Å². The van der Waals surface area contributed by atoms with Crippen LogP contribution in [-0.4, -0.2) is 11.1 Å². The number of rotatable bonds is 0. The first-order valence-corrected chi connectivity index (χ1v) is 5.76. The minimum atomic E-state index is -0.674. The predicted molar refractivity (Wildman–Crippen MR) is 62.3 cm³/mol. The van der Waals surface area contributed by atoms with Crippen LogP contribution in [0, 0.1) is 0 Å². The van der Waals surface area contributed by atoms with Gasteiger partial charge in [-0.2, -0.15) is 0 Å². The highest BCUT2D eigenvalue weighted by atomic mass is 35.5. The van der Waals surface area contributed by atoms with Crippen LogP contribution in [0.5, 0.6) is 0 Å². The van der Waals surface area contributed by atoms with Crippen molar-refractivity contribution in [2.45, 2.75) is 31.4 Å². The fourth-order valence-corrected chi connectivity index (χ4v) is 2.72. The molecular formula is C11H13Cl2NO. The lowest BCUT2D eigenvalue weighted by Gasteiger charge is -2.19. The van der Waals surface area contributed by atoms with Crippen LogP contribution >= 0.6 is 23.2 Å². The summed E-state index contributed by atoms with van der Waals surface area (Å²) >= 11 is 12.0. The number of halogens is 2. The maximum absolute atomic E-state index is 10.0. The number of hydrogen-bond acceptors (Lipinski definition) is 2. The second-order valence-corrected chi connectivity index (χ2v) is 4.80. The van der Waals surface area contributed by atoms with Crippen molar-refractivity contribution in [3.05, 3.63) is 33.3 Å². The van der Waals surface area contributed by atoms with Gasteiger partial charge in [0.15, 0.2) is 0 Å². The Kier molecular flexibility index (Phi) is 3.21. The average molecular weight is 246 g/mol. The van der Waals surface area contributed by atoms with Gasteiger partial charge in [-0.1, -0.05) is 23.2 Å². The zero-order chi connectivity index (χ0) is 11.0.